The highest BCUT2D eigenvalue weighted by molar-refractivity contribution is 6.32. The van der Waals surface area contributed by atoms with Crippen LogP contribution < -0.4 is 10.1 Å². The van der Waals surface area contributed by atoms with Gasteiger partial charge in [0.25, 0.3) is 0 Å². The third kappa shape index (κ3) is 7.34. The maximum Gasteiger partial charge on any atom is 0.305 e. The molecule has 1 aromatic carbocycles. The van der Waals surface area contributed by atoms with E-state index in [-0.39, 0.29) is 25.4 Å². The molecule has 0 spiro atoms. The second kappa shape index (κ2) is 9.37. The molecule has 6 nitrogen and oxygen atoms in total. The summed E-state index contributed by atoms with van der Waals surface area (Å²) in [6, 6.07) is 7.11. The number of aliphatic carboxylic acids is 1. The number of nitrogens with one attached hydrogen (secondary N) is 1. The van der Waals surface area contributed by atoms with Gasteiger partial charge in [0, 0.05) is 13.5 Å². The van der Waals surface area contributed by atoms with Crippen LogP contribution in [0, 0.1) is 0 Å². The Hall–Kier alpha value is -1.79. The molecule has 1 aromatic rings. The summed E-state index contributed by atoms with van der Waals surface area (Å²) in [6.45, 7) is 2.11. The summed E-state index contributed by atoms with van der Waals surface area (Å²) < 4.78 is 10.5. The Bertz CT molecular complexity index is 537. The summed E-state index contributed by atoms with van der Waals surface area (Å²) in [7, 11) is 1.46. The Kier molecular flexibility index (Phi) is 7.85. The van der Waals surface area contributed by atoms with Gasteiger partial charge in [-0.25, -0.2) is 0 Å². The lowest BCUT2D eigenvalue weighted by molar-refractivity contribution is -0.139. The first kappa shape index (κ1) is 19.3. The van der Waals surface area contributed by atoms with Gasteiger partial charge >= 0.3 is 5.97 Å². The fraction of sp³-hybridized carbons (Fsp3) is 0.500. The number of benzene rings is 1. The minimum absolute atomic E-state index is 0.126. The largest absolute Gasteiger partial charge is 0.492 e. The first-order valence-electron chi connectivity index (χ1n) is 7.25. The Morgan fingerprint density at radius 3 is 2.65 bits per heavy atom. The fourth-order valence-corrected chi connectivity index (χ4v) is 2.35. The molecule has 1 unspecified atom stereocenters. The van der Waals surface area contributed by atoms with Gasteiger partial charge < -0.3 is 19.9 Å². The van der Waals surface area contributed by atoms with Crippen LogP contribution in [0.25, 0.3) is 0 Å². The van der Waals surface area contributed by atoms with Crippen molar-refractivity contribution < 1.29 is 24.2 Å². The molecular weight excluding hydrogens is 322 g/mol. The molecule has 0 aromatic heterocycles. The highest BCUT2D eigenvalue weighted by atomic mass is 35.5. The van der Waals surface area contributed by atoms with Crippen molar-refractivity contribution in [3.05, 3.63) is 29.3 Å². The van der Waals surface area contributed by atoms with Crippen LogP contribution >= 0.6 is 11.6 Å². The van der Waals surface area contributed by atoms with Crippen molar-refractivity contribution in [1.82, 2.24) is 5.32 Å². The van der Waals surface area contributed by atoms with Gasteiger partial charge in [-0.3, -0.25) is 9.59 Å². The Labute approximate surface area is 140 Å². The van der Waals surface area contributed by atoms with Crippen LogP contribution in [0.4, 0.5) is 0 Å². The number of methoxy groups -OCH3 is 1. The number of ether oxygens (including phenoxy) is 2. The zero-order chi connectivity index (χ0) is 17.3. The van der Waals surface area contributed by atoms with Crippen LogP contribution in [0.5, 0.6) is 5.75 Å². The van der Waals surface area contributed by atoms with E-state index in [2.05, 4.69) is 5.32 Å². The molecule has 0 heterocycles. The van der Waals surface area contributed by atoms with Crippen molar-refractivity contribution in [2.45, 2.75) is 31.7 Å². The average Bonchev–Trinajstić information content (AvgIpc) is 2.44. The summed E-state index contributed by atoms with van der Waals surface area (Å²) in [4.78, 5) is 22.8. The van der Waals surface area contributed by atoms with Crippen LogP contribution in [0.3, 0.4) is 0 Å². The minimum atomic E-state index is -0.994. The quantitative estimate of drug-likeness (QED) is 0.637. The van der Waals surface area contributed by atoms with Gasteiger partial charge in [0.1, 0.15) is 5.75 Å². The molecule has 2 N–H and O–H groups in total. The third-order valence-electron chi connectivity index (χ3n) is 3.09. The molecule has 0 bridgehead atoms. The lowest BCUT2D eigenvalue weighted by Gasteiger charge is -2.28. The van der Waals surface area contributed by atoms with Crippen molar-refractivity contribution in [1.29, 1.82) is 0 Å². The summed E-state index contributed by atoms with van der Waals surface area (Å²) in [6.07, 6.45) is 0.513. The molecule has 0 saturated carbocycles. The third-order valence-corrected chi connectivity index (χ3v) is 3.40. The van der Waals surface area contributed by atoms with Gasteiger partial charge in [0.15, 0.2) is 0 Å². The lowest BCUT2D eigenvalue weighted by atomic mass is 9.98. The van der Waals surface area contributed by atoms with Crippen LogP contribution in [0.1, 0.15) is 26.2 Å². The first-order chi connectivity index (χ1) is 10.9. The SMILES string of the molecule is COCC(C)(CC(=O)O)NC(=O)CCCOc1ccccc1Cl. The maximum atomic E-state index is 12.0. The number of para-hydroxylation sites is 1. The van der Waals surface area contributed by atoms with Crippen molar-refractivity contribution in [2.24, 2.45) is 0 Å². The van der Waals surface area contributed by atoms with Gasteiger partial charge in [-0.05, 0) is 25.5 Å². The van der Waals surface area contributed by atoms with E-state index in [4.69, 9.17) is 26.2 Å². The first-order valence-corrected chi connectivity index (χ1v) is 7.63. The topological polar surface area (TPSA) is 84.9 Å². The minimum Gasteiger partial charge on any atom is -0.492 e. The zero-order valence-corrected chi connectivity index (χ0v) is 14.1. The van der Waals surface area contributed by atoms with Crippen LogP contribution in [-0.4, -0.2) is 42.8 Å². The summed E-state index contributed by atoms with van der Waals surface area (Å²) in [5, 5.41) is 12.1. The number of carbonyl (C=O) groups is 2. The van der Waals surface area contributed by atoms with Crippen molar-refractivity contribution in [2.75, 3.05) is 20.3 Å². The summed E-state index contributed by atoms with van der Waals surface area (Å²) in [5.41, 5.74) is -0.929. The number of rotatable bonds is 10. The number of carbonyl (C=O) groups excluding carboxylic acids is 1. The predicted molar refractivity (Wildman–Crippen MR) is 86.9 cm³/mol. The summed E-state index contributed by atoms with van der Waals surface area (Å²) >= 11 is 5.96. The Balaban J connectivity index is 2.38. The van der Waals surface area contributed by atoms with Crippen molar-refractivity contribution in [3.63, 3.8) is 0 Å². The molecule has 23 heavy (non-hydrogen) atoms. The molecule has 1 amide bonds. The van der Waals surface area contributed by atoms with Crippen LogP contribution in [-0.2, 0) is 14.3 Å². The van der Waals surface area contributed by atoms with Gasteiger partial charge in [0.2, 0.25) is 5.91 Å². The van der Waals surface area contributed by atoms with E-state index in [0.717, 1.165) is 0 Å². The van der Waals surface area contributed by atoms with Gasteiger partial charge in [0.05, 0.1) is 30.2 Å². The molecule has 7 heteroatoms. The van der Waals surface area contributed by atoms with E-state index in [1.807, 2.05) is 12.1 Å². The number of carboxylic acid groups (broad SMARTS) is 1. The lowest BCUT2D eigenvalue weighted by Crippen LogP contribution is -2.50. The molecule has 0 saturated heterocycles. The Morgan fingerprint density at radius 2 is 2.04 bits per heavy atom. The maximum absolute atomic E-state index is 12.0. The standard InChI is InChI=1S/C16H22ClNO5/c1-16(11-22-2,10-15(20)21)18-14(19)8-5-9-23-13-7-4-3-6-12(13)17/h3-4,6-7H,5,8-11H2,1-2H3,(H,18,19)(H,20,21). The van der Waals surface area contributed by atoms with E-state index in [9.17, 15) is 9.59 Å². The van der Waals surface area contributed by atoms with E-state index >= 15 is 0 Å². The summed E-state index contributed by atoms with van der Waals surface area (Å²) in [5.74, 6) is -0.662. The molecule has 1 rings (SSSR count). The van der Waals surface area contributed by atoms with E-state index in [1.54, 1.807) is 19.1 Å². The molecular formula is C16H22ClNO5. The van der Waals surface area contributed by atoms with E-state index in [1.165, 1.54) is 7.11 Å². The zero-order valence-electron chi connectivity index (χ0n) is 13.3. The normalized spacial score (nSPS) is 13.2. The number of amides is 1. The molecule has 1 atom stereocenters. The van der Waals surface area contributed by atoms with Gasteiger partial charge in [-0.1, -0.05) is 23.7 Å². The number of carboxylic acids is 1. The predicted octanol–water partition coefficient (Wildman–Crippen LogP) is 2.50. The highest BCUT2D eigenvalue weighted by Crippen LogP contribution is 2.23. The van der Waals surface area contributed by atoms with Crippen molar-refractivity contribution >= 4 is 23.5 Å². The van der Waals surface area contributed by atoms with E-state index in [0.29, 0.717) is 23.8 Å². The second-order valence-corrected chi connectivity index (χ2v) is 5.90. The highest BCUT2D eigenvalue weighted by Gasteiger charge is 2.29. The second-order valence-electron chi connectivity index (χ2n) is 5.49. The number of hydrogen-bond acceptors (Lipinski definition) is 4. The molecule has 0 fully saturated rings. The molecule has 0 aliphatic carbocycles. The average molecular weight is 344 g/mol. The molecule has 0 radical (unpaired) electrons. The molecule has 0 aliphatic heterocycles. The van der Waals surface area contributed by atoms with Gasteiger partial charge in [-0.15, -0.1) is 0 Å². The van der Waals surface area contributed by atoms with Gasteiger partial charge in [-0.2, -0.15) is 0 Å². The van der Waals surface area contributed by atoms with Crippen LogP contribution in [0.15, 0.2) is 24.3 Å². The van der Waals surface area contributed by atoms with Crippen molar-refractivity contribution in [3.8, 4) is 5.75 Å². The number of halogens is 1. The fourth-order valence-electron chi connectivity index (χ4n) is 2.16. The monoisotopic (exact) mass is 343 g/mol. The Morgan fingerprint density at radius 1 is 1.35 bits per heavy atom. The number of hydrogen-bond donors (Lipinski definition) is 2. The smallest absolute Gasteiger partial charge is 0.305 e. The molecule has 0 aliphatic rings. The van der Waals surface area contributed by atoms with E-state index < -0.39 is 11.5 Å². The molecule has 128 valence electrons. The van der Waals surface area contributed by atoms with Crippen LogP contribution in [0.2, 0.25) is 5.02 Å².